The average Bonchev–Trinajstić information content (AvgIpc) is 2.94. The van der Waals surface area contributed by atoms with Gasteiger partial charge in [0, 0.05) is 0 Å². The summed E-state index contributed by atoms with van der Waals surface area (Å²) >= 11 is 0.0383. The fraction of sp³-hybridized carbons (Fsp3) is 0.464. The average molecular weight is 510 g/mol. The molecular formula is C28H30O4Se. The van der Waals surface area contributed by atoms with Gasteiger partial charge in [-0.1, -0.05) is 0 Å². The van der Waals surface area contributed by atoms with Crippen LogP contribution in [0.15, 0.2) is 60.7 Å². The minimum absolute atomic E-state index is 0.00583. The van der Waals surface area contributed by atoms with Gasteiger partial charge in [-0.3, -0.25) is 0 Å². The number of carbonyl (C=O) groups excluding carboxylic acids is 3. The van der Waals surface area contributed by atoms with Gasteiger partial charge in [-0.25, -0.2) is 0 Å². The number of esters is 1. The molecule has 0 radical (unpaired) electrons. The quantitative estimate of drug-likeness (QED) is 0.443. The molecule has 0 aromatic heterocycles. The van der Waals surface area contributed by atoms with Gasteiger partial charge in [0.2, 0.25) is 0 Å². The maximum absolute atomic E-state index is 13.8. The van der Waals surface area contributed by atoms with E-state index in [2.05, 4.69) is 12.1 Å². The number of ether oxygens (including phenoxy) is 1. The number of fused-ring (bicyclic) bond motifs is 1. The zero-order valence-electron chi connectivity index (χ0n) is 18.8. The van der Waals surface area contributed by atoms with E-state index < -0.39 is 5.41 Å². The van der Waals surface area contributed by atoms with Crippen LogP contribution in [0, 0.1) is 23.2 Å². The second-order valence-corrected chi connectivity index (χ2v) is 12.5. The van der Waals surface area contributed by atoms with E-state index >= 15 is 0 Å². The zero-order chi connectivity index (χ0) is 22.8. The van der Waals surface area contributed by atoms with Gasteiger partial charge in [-0.05, 0) is 0 Å². The summed E-state index contributed by atoms with van der Waals surface area (Å²) < 4.78 is 6.91. The second kappa shape index (κ2) is 9.56. The van der Waals surface area contributed by atoms with E-state index in [0.29, 0.717) is 17.8 Å². The van der Waals surface area contributed by atoms with Crippen LogP contribution in [0.3, 0.4) is 0 Å². The van der Waals surface area contributed by atoms with E-state index in [1.165, 1.54) is 4.46 Å². The standard InChI is InChI=1S/C28H30O4Se/c29-25-23-16-19(18-32-27(31)20-9-3-1-4-10-20)15-21-11-7-8-14-28(23,26(21)30)17-24(25)33-22-12-5-2-6-13-22/h1-6,9-10,12-13,19,21,23-24H,7-8,11,14-18H2/t19-,21+,23+,24?,28-/m0/s1. The molecule has 2 aromatic rings. The van der Waals surface area contributed by atoms with Crippen LogP contribution in [0.5, 0.6) is 0 Å². The Kier molecular flexibility index (Phi) is 6.53. The van der Waals surface area contributed by atoms with Crippen molar-refractivity contribution in [3.8, 4) is 0 Å². The van der Waals surface area contributed by atoms with Crippen LogP contribution in [-0.2, 0) is 14.3 Å². The molecule has 5 atom stereocenters. The molecule has 172 valence electrons. The molecule has 0 aliphatic heterocycles. The zero-order valence-corrected chi connectivity index (χ0v) is 20.5. The first kappa shape index (κ1) is 22.6. The molecule has 3 aliphatic carbocycles. The second-order valence-electron chi connectivity index (χ2n) is 9.84. The van der Waals surface area contributed by atoms with Crippen LogP contribution < -0.4 is 4.46 Å². The van der Waals surface area contributed by atoms with Crippen LogP contribution in [0.1, 0.15) is 55.3 Å². The van der Waals surface area contributed by atoms with Crippen LogP contribution in [-0.4, -0.2) is 39.1 Å². The monoisotopic (exact) mass is 510 g/mol. The van der Waals surface area contributed by atoms with Crippen molar-refractivity contribution in [2.75, 3.05) is 6.61 Å². The molecule has 3 aliphatic rings. The van der Waals surface area contributed by atoms with Gasteiger partial charge in [-0.2, -0.15) is 0 Å². The van der Waals surface area contributed by atoms with Gasteiger partial charge >= 0.3 is 202 Å². The van der Waals surface area contributed by atoms with Crippen LogP contribution in [0.2, 0.25) is 4.82 Å². The first-order valence-corrected chi connectivity index (χ1v) is 13.9. The maximum atomic E-state index is 13.8. The molecule has 0 amide bonds. The van der Waals surface area contributed by atoms with Crippen molar-refractivity contribution in [3.63, 3.8) is 0 Å². The van der Waals surface area contributed by atoms with E-state index in [-0.39, 0.29) is 55.9 Å². The van der Waals surface area contributed by atoms with Crippen LogP contribution >= 0.6 is 0 Å². The van der Waals surface area contributed by atoms with E-state index in [1.807, 2.05) is 36.4 Å². The molecule has 5 rings (SSSR count). The summed E-state index contributed by atoms with van der Waals surface area (Å²) in [5, 5.41) is 0. The Labute approximate surface area is 201 Å². The van der Waals surface area contributed by atoms with Crippen molar-refractivity contribution >= 4 is 37.0 Å². The number of hydrogen-bond acceptors (Lipinski definition) is 4. The van der Waals surface area contributed by atoms with Crippen molar-refractivity contribution in [1.82, 2.24) is 0 Å². The molecule has 1 unspecified atom stereocenters. The topological polar surface area (TPSA) is 60.4 Å². The van der Waals surface area contributed by atoms with Crippen LogP contribution in [0.25, 0.3) is 0 Å². The predicted molar refractivity (Wildman–Crippen MR) is 128 cm³/mol. The minimum atomic E-state index is -0.488. The summed E-state index contributed by atoms with van der Waals surface area (Å²) in [5.74, 6) is 0.126. The summed E-state index contributed by atoms with van der Waals surface area (Å²) in [6.07, 6.45) is 5.95. The molecule has 2 bridgehead atoms. The van der Waals surface area contributed by atoms with Gasteiger partial charge in [0.1, 0.15) is 0 Å². The first-order valence-electron chi connectivity index (χ1n) is 12.1. The molecule has 2 aromatic carbocycles. The number of Topliss-reactive ketones (excluding diaryl/α,β-unsaturated/α-hetero) is 2. The van der Waals surface area contributed by atoms with E-state index in [1.54, 1.807) is 12.1 Å². The molecule has 3 fully saturated rings. The Morgan fingerprint density at radius 2 is 1.70 bits per heavy atom. The third kappa shape index (κ3) is 4.46. The Balaban J connectivity index is 1.36. The molecule has 4 nitrogen and oxygen atoms in total. The van der Waals surface area contributed by atoms with E-state index in [4.69, 9.17) is 4.74 Å². The van der Waals surface area contributed by atoms with Gasteiger partial charge in [0.15, 0.2) is 0 Å². The van der Waals surface area contributed by atoms with E-state index in [0.717, 1.165) is 38.5 Å². The Morgan fingerprint density at radius 3 is 2.45 bits per heavy atom. The Morgan fingerprint density at radius 1 is 0.970 bits per heavy atom. The first-order chi connectivity index (χ1) is 16.1. The van der Waals surface area contributed by atoms with Crippen molar-refractivity contribution in [2.45, 2.75) is 49.8 Å². The molecule has 3 saturated carbocycles. The Hall–Kier alpha value is -2.23. The van der Waals surface area contributed by atoms with Crippen LogP contribution in [0.4, 0.5) is 0 Å². The number of hydrogen-bond donors (Lipinski definition) is 0. The molecule has 1 spiro atoms. The van der Waals surface area contributed by atoms with Crippen molar-refractivity contribution in [1.29, 1.82) is 0 Å². The van der Waals surface area contributed by atoms with Crippen molar-refractivity contribution < 1.29 is 19.1 Å². The van der Waals surface area contributed by atoms with Crippen molar-refractivity contribution in [2.24, 2.45) is 23.2 Å². The molecular weight excluding hydrogens is 479 g/mol. The number of carbonyl (C=O) groups is 3. The number of rotatable bonds is 5. The van der Waals surface area contributed by atoms with Gasteiger partial charge < -0.3 is 0 Å². The Bertz CT molecular complexity index is 1020. The predicted octanol–water partition coefficient (Wildman–Crippen LogP) is 4.41. The summed E-state index contributed by atoms with van der Waals surface area (Å²) in [6, 6.07) is 19.3. The molecule has 0 heterocycles. The van der Waals surface area contributed by atoms with Gasteiger partial charge in [-0.15, -0.1) is 0 Å². The normalized spacial score (nSPS) is 31.4. The molecule has 0 saturated heterocycles. The summed E-state index contributed by atoms with van der Waals surface area (Å²) in [4.78, 5) is 40.0. The van der Waals surface area contributed by atoms with Gasteiger partial charge in [0.25, 0.3) is 0 Å². The third-order valence-electron chi connectivity index (χ3n) is 7.83. The fourth-order valence-electron chi connectivity index (χ4n) is 6.26. The van der Waals surface area contributed by atoms with Crippen molar-refractivity contribution in [3.05, 3.63) is 66.2 Å². The van der Waals surface area contributed by atoms with Gasteiger partial charge in [0.05, 0.1) is 0 Å². The molecule has 5 heteroatoms. The third-order valence-corrected chi connectivity index (χ3v) is 10.4. The SMILES string of the molecule is O=C(OC[C@H]1C[C@H]2CCCC[C@@]3(CC([Se]c4ccccc4)C(=O)[C@H]3C1)C2=O)c1ccccc1. The fourth-order valence-corrected chi connectivity index (χ4v) is 9.00. The summed E-state index contributed by atoms with van der Waals surface area (Å²) in [5.41, 5.74) is 0.0502. The van der Waals surface area contributed by atoms with E-state index in [9.17, 15) is 14.4 Å². The number of ketones is 2. The summed E-state index contributed by atoms with van der Waals surface area (Å²) in [6.45, 7) is 0.284. The molecule has 0 N–H and O–H groups in total. The summed E-state index contributed by atoms with van der Waals surface area (Å²) in [7, 11) is 0. The number of benzene rings is 2. The molecule has 33 heavy (non-hydrogen) atoms.